The molecular formula is C51H48Cl2N4O6. The van der Waals surface area contributed by atoms with Crippen molar-refractivity contribution in [2.24, 2.45) is 0 Å². The molecule has 3 heterocycles. The van der Waals surface area contributed by atoms with E-state index in [4.69, 9.17) is 47.4 Å². The second-order valence-corrected chi connectivity index (χ2v) is 15.7. The maximum Gasteiger partial charge on any atom is 0.233 e. The molecular weight excluding hydrogens is 835 g/mol. The normalized spacial score (nSPS) is 15.3. The van der Waals surface area contributed by atoms with E-state index in [0.29, 0.717) is 70.9 Å². The third kappa shape index (κ3) is 9.76. The van der Waals surface area contributed by atoms with Crippen LogP contribution in [0, 0.1) is 18.3 Å². The highest BCUT2D eigenvalue weighted by Crippen LogP contribution is 2.45. The van der Waals surface area contributed by atoms with Crippen LogP contribution in [0.1, 0.15) is 84.3 Å². The molecule has 63 heavy (non-hydrogen) atoms. The number of aromatic nitrogens is 1. The number of ether oxygens (including phenoxy) is 4. The maximum absolute atomic E-state index is 13.4. The van der Waals surface area contributed by atoms with E-state index in [0.717, 1.165) is 44.6 Å². The Kier molecular flexibility index (Phi) is 14.2. The van der Waals surface area contributed by atoms with Crippen molar-refractivity contribution in [1.82, 2.24) is 4.98 Å². The Morgan fingerprint density at radius 1 is 0.603 bits per heavy atom. The number of rotatable bonds is 12. The molecule has 1 aromatic heterocycles. The van der Waals surface area contributed by atoms with Gasteiger partial charge < -0.3 is 23.8 Å². The van der Waals surface area contributed by atoms with Gasteiger partial charge in [0.1, 0.15) is 5.82 Å². The van der Waals surface area contributed by atoms with E-state index >= 15 is 0 Å². The van der Waals surface area contributed by atoms with Gasteiger partial charge in [-0.3, -0.25) is 14.5 Å². The zero-order valence-electron chi connectivity index (χ0n) is 35.9. The maximum atomic E-state index is 13.4. The van der Waals surface area contributed by atoms with Crippen molar-refractivity contribution in [2.45, 2.75) is 59.5 Å². The van der Waals surface area contributed by atoms with Gasteiger partial charge in [-0.1, -0.05) is 53.5 Å². The fourth-order valence-corrected chi connectivity index (χ4v) is 8.24. The summed E-state index contributed by atoms with van der Waals surface area (Å²) in [5.41, 5.74) is 8.00. The van der Waals surface area contributed by atoms with Crippen LogP contribution in [0.25, 0.3) is 0 Å². The summed E-state index contributed by atoms with van der Waals surface area (Å²) in [5.74, 6) is 3.20. The summed E-state index contributed by atoms with van der Waals surface area (Å²) in [7, 11) is 0. The average Bonchev–Trinajstić information content (AvgIpc) is 3.28. The molecule has 0 fully saturated rings. The number of aryl methyl sites for hydroxylation is 1. The standard InChI is InChI=1S/C26H23ClN2O3.C25H25ClN2O3/c1-3-31-23-13-19-14-25(30)29(21-11-5-17(16-28)6-12-21)26(18-7-9-20(27)10-8-18)22(19)15-24(23)32-4-2;1-4-30-21-12-18-13-24(29)28(23-11-6-16(3)15-27-23)25(17-7-9-19(26)10-8-17)20(18)14-22(21)31-5-2/h5-13,15,26H,3-4,14H2,1-2H3;6-12,14-15,25H,4-5,13H2,1-3H3. The van der Waals surface area contributed by atoms with Crippen LogP contribution in [0.4, 0.5) is 11.5 Å². The van der Waals surface area contributed by atoms with Crippen LogP contribution in [0.15, 0.2) is 115 Å². The number of carbonyl (C=O) groups excluding carboxylic acids is 2. The fourth-order valence-electron chi connectivity index (χ4n) is 7.99. The van der Waals surface area contributed by atoms with E-state index in [1.807, 2.05) is 132 Å². The van der Waals surface area contributed by atoms with E-state index in [9.17, 15) is 9.59 Å². The molecule has 0 aliphatic carbocycles. The van der Waals surface area contributed by atoms with E-state index in [1.165, 1.54) is 0 Å². The quantitative estimate of drug-likeness (QED) is 0.119. The largest absolute Gasteiger partial charge is 0.490 e. The lowest BCUT2D eigenvalue weighted by Gasteiger charge is -2.38. The monoisotopic (exact) mass is 882 g/mol. The average molecular weight is 884 g/mol. The number of halogens is 2. The zero-order valence-corrected chi connectivity index (χ0v) is 37.4. The van der Waals surface area contributed by atoms with Crippen LogP contribution >= 0.6 is 23.2 Å². The first-order valence-corrected chi connectivity index (χ1v) is 21.7. The Hall–Kier alpha value is -6.54. The first-order chi connectivity index (χ1) is 30.6. The SMILES string of the molecule is CCOc1cc2c(cc1OCC)C(c1ccc(Cl)cc1)N(c1ccc(C#N)cc1)C(=O)C2.CCOc1cc2c(cc1OCC)C(c1ccc(Cl)cc1)N(c1ccc(C)cn1)C(=O)C2. The number of carbonyl (C=O) groups is 2. The molecule has 0 saturated heterocycles. The lowest BCUT2D eigenvalue weighted by molar-refractivity contribution is -0.119. The second-order valence-electron chi connectivity index (χ2n) is 14.9. The van der Waals surface area contributed by atoms with Gasteiger partial charge >= 0.3 is 0 Å². The molecule has 8 rings (SSSR count). The number of hydrogen-bond acceptors (Lipinski definition) is 8. The molecule has 0 radical (unpaired) electrons. The van der Waals surface area contributed by atoms with Crippen molar-refractivity contribution < 1.29 is 28.5 Å². The summed E-state index contributed by atoms with van der Waals surface area (Å²) in [5, 5.41) is 10.4. The van der Waals surface area contributed by atoms with Crippen molar-refractivity contribution in [3.63, 3.8) is 0 Å². The zero-order chi connectivity index (χ0) is 44.6. The van der Waals surface area contributed by atoms with Gasteiger partial charge in [-0.05, 0) is 152 Å². The Bertz CT molecular complexity index is 2610. The molecule has 2 amide bonds. The Balaban J connectivity index is 0.000000189. The number of anilines is 2. The summed E-state index contributed by atoms with van der Waals surface area (Å²) >= 11 is 12.3. The Morgan fingerprint density at radius 2 is 1.03 bits per heavy atom. The molecule has 2 aliphatic rings. The molecule has 2 atom stereocenters. The van der Waals surface area contributed by atoms with Gasteiger partial charge in [0.2, 0.25) is 11.8 Å². The summed E-state index contributed by atoms with van der Waals surface area (Å²) < 4.78 is 23.3. The molecule has 12 heteroatoms. The third-order valence-electron chi connectivity index (χ3n) is 10.7. The van der Waals surface area contributed by atoms with Gasteiger partial charge in [-0.15, -0.1) is 0 Å². The van der Waals surface area contributed by atoms with Gasteiger partial charge in [-0.2, -0.15) is 5.26 Å². The summed E-state index contributed by atoms with van der Waals surface area (Å²) in [6, 6.07) is 35.3. The minimum absolute atomic E-state index is 0.0181. The summed E-state index contributed by atoms with van der Waals surface area (Å²) in [6.07, 6.45) is 2.29. The molecule has 0 spiro atoms. The predicted octanol–water partition coefficient (Wildman–Crippen LogP) is 11.2. The molecule has 322 valence electrons. The predicted molar refractivity (Wildman–Crippen MR) is 247 cm³/mol. The van der Waals surface area contributed by atoms with Crippen LogP contribution in [0.5, 0.6) is 23.0 Å². The summed E-state index contributed by atoms with van der Waals surface area (Å²) in [6.45, 7) is 11.7. The number of nitrogens with zero attached hydrogens (tertiary/aromatic N) is 4. The van der Waals surface area contributed by atoms with Crippen molar-refractivity contribution in [1.29, 1.82) is 5.26 Å². The van der Waals surface area contributed by atoms with Crippen molar-refractivity contribution in [3.8, 4) is 29.1 Å². The minimum atomic E-state index is -0.369. The molecule has 6 aromatic rings. The van der Waals surface area contributed by atoms with Crippen molar-refractivity contribution in [2.75, 3.05) is 36.2 Å². The number of pyridine rings is 1. The van der Waals surface area contributed by atoms with Crippen molar-refractivity contribution in [3.05, 3.63) is 170 Å². The molecule has 0 bridgehead atoms. The number of amides is 2. The summed E-state index contributed by atoms with van der Waals surface area (Å²) in [4.78, 5) is 34.9. The van der Waals surface area contributed by atoms with Gasteiger partial charge in [0.25, 0.3) is 0 Å². The highest BCUT2D eigenvalue weighted by molar-refractivity contribution is 6.30. The smallest absolute Gasteiger partial charge is 0.233 e. The molecule has 5 aromatic carbocycles. The van der Waals surface area contributed by atoms with E-state index in [1.54, 1.807) is 28.1 Å². The van der Waals surface area contributed by atoms with Crippen molar-refractivity contribution >= 4 is 46.5 Å². The fraction of sp³-hybridized carbons (Fsp3) is 0.255. The van der Waals surface area contributed by atoms with Crippen LogP contribution in [-0.2, 0) is 22.4 Å². The first-order valence-electron chi connectivity index (χ1n) is 21.0. The van der Waals surface area contributed by atoms with Gasteiger partial charge in [0.05, 0.1) is 63.0 Å². The van der Waals surface area contributed by atoms with Gasteiger partial charge in [-0.25, -0.2) is 4.98 Å². The van der Waals surface area contributed by atoms with Crippen LogP contribution in [0.2, 0.25) is 10.0 Å². The van der Waals surface area contributed by atoms with E-state index < -0.39 is 0 Å². The molecule has 2 unspecified atom stereocenters. The molecule has 2 aliphatic heterocycles. The number of hydrogen-bond donors (Lipinski definition) is 0. The van der Waals surface area contributed by atoms with E-state index in [2.05, 4.69) is 11.1 Å². The lowest BCUT2D eigenvalue weighted by Crippen LogP contribution is -2.41. The second kappa shape index (κ2) is 20.1. The van der Waals surface area contributed by atoms with Gasteiger partial charge in [0, 0.05) is 21.9 Å². The Labute approximate surface area is 378 Å². The number of nitriles is 1. The molecule has 0 saturated carbocycles. The lowest BCUT2D eigenvalue weighted by atomic mass is 9.86. The van der Waals surface area contributed by atoms with Crippen LogP contribution < -0.4 is 28.7 Å². The Morgan fingerprint density at radius 3 is 1.44 bits per heavy atom. The molecule has 10 nitrogen and oxygen atoms in total. The number of benzene rings is 5. The topological polar surface area (TPSA) is 114 Å². The van der Waals surface area contributed by atoms with Crippen LogP contribution in [0.3, 0.4) is 0 Å². The highest BCUT2D eigenvalue weighted by Gasteiger charge is 2.38. The highest BCUT2D eigenvalue weighted by atomic mass is 35.5. The number of fused-ring (bicyclic) bond motifs is 2. The van der Waals surface area contributed by atoms with E-state index in [-0.39, 0.29) is 36.7 Å². The van der Waals surface area contributed by atoms with Crippen LogP contribution in [-0.4, -0.2) is 43.2 Å². The third-order valence-corrected chi connectivity index (χ3v) is 11.2. The first kappa shape index (κ1) is 44.5. The molecule has 0 N–H and O–H groups in total. The minimum Gasteiger partial charge on any atom is -0.490 e. The van der Waals surface area contributed by atoms with Gasteiger partial charge in [0.15, 0.2) is 23.0 Å².